The van der Waals surface area contributed by atoms with Gasteiger partial charge in [-0.1, -0.05) is 12.1 Å². The van der Waals surface area contributed by atoms with Crippen LogP contribution in [-0.2, 0) is 0 Å². The smallest absolute Gasteiger partial charge is 0.166 e. The number of rotatable bonds is 5. The molecule has 1 heterocycles. The van der Waals surface area contributed by atoms with E-state index in [1.165, 1.54) is 0 Å². The van der Waals surface area contributed by atoms with Crippen molar-refractivity contribution in [3.63, 3.8) is 0 Å². The maximum absolute atomic E-state index is 9.94. The van der Waals surface area contributed by atoms with Gasteiger partial charge in [0.2, 0.25) is 0 Å². The first-order valence-electron chi connectivity index (χ1n) is 7.06. The Balaban J connectivity index is 2.14. The molecular weight excluding hydrogens is 256 g/mol. The van der Waals surface area contributed by atoms with Gasteiger partial charge < -0.3 is 25.2 Å². The van der Waals surface area contributed by atoms with E-state index in [2.05, 4.69) is 11.9 Å². The summed E-state index contributed by atoms with van der Waals surface area (Å²) in [6.07, 6.45) is 1.48. The number of nitrogens with two attached hydrogens (primary N) is 1. The minimum absolute atomic E-state index is 0.161. The van der Waals surface area contributed by atoms with Crippen LogP contribution in [0.15, 0.2) is 18.2 Å². The second-order valence-corrected chi connectivity index (χ2v) is 5.25. The van der Waals surface area contributed by atoms with Gasteiger partial charge in [-0.3, -0.25) is 0 Å². The van der Waals surface area contributed by atoms with Gasteiger partial charge in [-0.05, 0) is 26.0 Å². The molecule has 0 bridgehead atoms. The van der Waals surface area contributed by atoms with Gasteiger partial charge in [0.15, 0.2) is 11.5 Å². The van der Waals surface area contributed by atoms with Gasteiger partial charge in [-0.2, -0.15) is 0 Å². The van der Waals surface area contributed by atoms with Gasteiger partial charge in [-0.25, -0.2) is 0 Å². The predicted molar refractivity (Wildman–Crippen MR) is 78.2 cm³/mol. The van der Waals surface area contributed by atoms with E-state index in [-0.39, 0.29) is 12.6 Å². The molecule has 0 amide bonds. The molecule has 0 saturated carbocycles. The topological polar surface area (TPSA) is 68.0 Å². The summed E-state index contributed by atoms with van der Waals surface area (Å²) >= 11 is 0. The van der Waals surface area contributed by atoms with Crippen LogP contribution in [0.3, 0.4) is 0 Å². The molecule has 1 saturated heterocycles. The highest BCUT2D eigenvalue weighted by molar-refractivity contribution is 5.47. The van der Waals surface area contributed by atoms with E-state index in [1.807, 2.05) is 18.2 Å². The number of benzene rings is 1. The fourth-order valence-electron chi connectivity index (χ4n) is 2.52. The SMILES string of the molecule is COc1c(OC2CCN(C)CC2)cccc1C(O)CN. The fraction of sp³-hybridized carbons (Fsp3) is 0.600. The lowest BCUT2D eigenvalue weighted by Crippen LogP contribution is -2.35. The average Bonchev–Trinajstić information content (AvgIpc) is 2.48. The molecule has 2 rings (SSSR count). The van der Waals surface area contributed by atoms with E-state index in [0.29, 0.717) is 17.1 Å². The molecule has 1 fully saturated rings. The highest BCUT2D eigenvalue weighted by Gasteiger charge is 2.21. The zero-order valence-electron chi connectivity index (χ0n) is 12.2. The molecular formula is C15H24N2O3. The summed E-state index contributed by atoms with van der Waals surface area (Å²) < 4.78 is 11.5. The van der Waals surface area contributed by atoms with E-state index < -0.39 is 6.10 Å². The van der Waals surface area contributed by atoms with Crippen LogP contribution in [0, 0.1) is 0 Å². The van der Waals surface area contributed by atoms with Crippen molar-refractivity contribution < 1.29 is 14.6 Å². The summed E-state index contributed by atoms with van der Waals surface area (Å²) in [4.78, 5) is 2.30. The molecule has 112 valence electrons. The first-order chi connectivity index (χ1) is 9.65. The molecule has 1 unspecified atom stereocenters. The van der Waals surface area contributed by atoms with Crippen LogP contribution >= 0.6 is 0 Å². The van der Waals surface area contributed by atoms with Crippen molar-refractivity contribution in [1.29, 1.82) is 0 Å². The van der Waals surface area contributed by atoms with E-state index in [4.69, 9.17) is 15.2 Å². The largest absolute Gasteiger partial charge is 0.492 e. The van der Waals surface area contributed by atoms with Crippen LogP contribution in [-0.4, -0.2) is 49.9 Å². The lowest BCUT2D eigenvalue weighted by Gasteiger charge is -2.30. The molecule has 1 atom stereocenters. The van der Waals surface area contributed by atoms with Gasteiger partial charge in [0, 0.05) is 25.2 Å². The Morgan fingerprint density at radius 2 is 2.10 bits per heavy atom. The molecule has 5 nitrogen and oxygen atoms in total. The Morgan fingerprint density at radius 3 is 2.70 bits per heavy atom. The molecule has 3 N–H and O–H groups in total. The number of hydrogen-bond acceptors (Lipinski definition) is 5. The molecule has 0 aliphatic carbocycles. The van der Waals surface area contributed by atoms with Crippen molar-refractivity contribution in [2.45, 2.75) is 25.0 Å². The van der Waals surface area contributed by atoms with Gasteiger partial charge in [0.25, 0.3) is 0 Å². The molecule has 1 aromatic rings. The summed E-state index contributed by atoms with van der Waals surface area (Å²) in [7, 11) is 3.71. The third-order valence-corrected chi connectivity index (χ3v) is 3.75. The Morgan fingerprint density at radius 1 is 1.40 bits per heavy atom. The number of aliphatic hydroxyl groups excluding tert-OH is 1. The number of nitrogens with zero attached hydrogens (tertiary/aromatic N) is 1. The van der Waals surface area contributed by atoms with Crippen molar-refractivity contribution in [3.8, 4) is 11.5 Å². The lowest BCUT2D eigenvalue weighted by molar-refractivity contribution is 0.110. The third-order valence-electron chi connectivity index (χ3n) is 3.75. The van der Waals surface area contributed by atoms with Crippen LogP contribution in [0.1, 0.15) is 24.5 Å². The van der Waals surface area contributed by atoms with Crippen LogP contribution < -0.4 is 15.2 Å². The zero-order valence-corrected chi connectivity index (χ0v) is 12.2. The number of methoxy groups -OCH3 is 1. The van der Waals surface area contributed by atoms with Crippen molar-refractivity contribution in [2.75, 3.05) is 33.8 Å². The Hall–Kier alpha value is -1.30. The maximum Gasteiger partial charge on any atom is 0.166 e. The first kappa shape index (κ1) is 15.1. The Kier molecular flexibility index (Phi) is 5.23. The Labute approximate surface area is 120 Å². The molecule has 0 spiro atoms. The quantitative estimate of drug-likeness (QED) is 0.847. The highest BCUT2D eigenvalue weighted by Crippen LogP contribution is 2.35. The van der Waals surface area contributed by atoms with Gasteiger partial charge in [-0.15, -0.1) is 0 Å². The minimum Gasteiger partial charge on any atom is -0.492 e. The summed E-state index contributed by atoms with van der Waals surface area (Å²) in [6.45, 7) is 2.24. The Bertz CT molecular complexity index is 431. The van der Waals surface area contributed by atoms with Crippen molar-refractivity contribution in [3.05, 3.63) is 23.8 Å². The first-order valence-corrected chi connectivity index (χ1v) is 7.06. The van der Waals surface area contributed by atoms with Crippen LogP contribution in [0.2, 0.25) is 0 Å². The average molecular weight is 280 g/mol. The number of piperidine rings is 1. The van der Waals surface area contributed by atoms with Crippen LogP contribution in [0.5, 0.6) is 11.5 Å². The fourth-order valence-corrected chi connectivity index (χ4v) is 2.52. The molecule has 20 heavy (non-hydrogen) atoms. The van der Waals surface area contributed by atoms with Crippen molar-refractivity contribution in [1.82, 2.24) is 4.90 Å². The van der Waals surface area contributed by atoms with Gasteiger partial charge in [0.1, 0.15) is 6.10 Å². The molecule has 5 heteroatoms. The molecule has 1 aliphatic rings. The van der Waals surface area contributed by atoms with E-state index >= 15 is 0 Å². The third kappa shape index (κ3) is 3.42. The van der Waals surface area contributed by atoms with Gasteiger partial charge in [0.05, 0.1) is 13.2 Å². The number of ether oxygens (including phenoxy) is 2. The second kappa shape index (κ2) is 6.92. The van der Waals surface area contributed by atoms with Crippen LogP contribution in [0.4, 0.5) is 0 Å². The lowest BCUT2D eigenvalue weighted by atomic mass is 10.1. The monoisotopic (exact) mass is 280 g/mol. The standard InChI is InChI=1S/C15H24N2O3/c1-17-8-6-11(7-9-17)20-14-5-3-4-12(13(18)10-16)15(14)19-2/h3-5,11,13,18H,6-10,16H2,1-2H3. The van der Waals surface area contributed by atoms with E-state index in [1.54, 1.807) is 7.11 Å². The molecule has 0 radical (unpaired) electrons. The summed E-state index contributed by atoms with van der Waals surface area (Å²) in [6, 6.07) is 5.56. The summed E-state index contributed by atoms with van der Waals surface area (Å²) in [5.74, 6) is 1.27. The number of aliphatic hydroxyl groups is 1. The molecule has 1 aromatic carbocycles. The predicted octanol–water partition coefficient (Wildman–Crippen LogP) is 1.16. The normalized spacial score (nSPS) is 18.8. The van der Waals surface area contributed by atoms with Crippen LogP contribution in [0.25, 0.3) is 0 Å². The highest BCUT2D eigenvalue weighted by atomic mass is 16.5. The van der Waals surface area contributed by atoms with E-state index in [9.17, 15) is 5.11 Å². The summed E-state index contributed by atoms with van der Waals surface area (Å²) in [5, 5.41) is 9.94. The van der Waals surface area contributed by atoms with Crippen molar-refractivity contribution >= 4 is 0 Å². The summed E-state index contributed by atoms with van der Waals surface area (Å²) in [5.41, 5.74) is 6.21. The van der Waals surface area contributed by atoms with E-state index in [0.717, 1.165) is 25.9 Å². The maximum atomic E-state index is 9.94. The second-order valence-electron chi connectivity index (χ2n) is 5.25. The van der Waals surface area contributed by atoms with Crippen molar-refractivity contribution in [2.24, 2.45) is 5.73 Å². The minimum atomic E-state index is -0.731. The van der Waals surface area contributed by atoms with Gasteiger partial charge >= 0.3 is 0 Å². The molecule has 0 aromatic heterocycles. The number of hydrogen-bond donors (Lipinski definition) is 2. The number of likely N-dealkylation sites (tertiary alicyclic amines) is 1. The molecule has 1 aliphatic heterocycles. The number of para-hydroxylation sites is 1. The zero-order chi connectivity index (χ0) is 14.5.